The Labute approximate surface area is 104 Å². The molecule has 2 aromatic rings. The van der Waals surface area contributed by atoms with Crippen LogP contribution in [0.15, 0.2) is 61.2 Å². The molecule has 1 nitrogen and oxygen atoms in total. The van der Waals surface area contributed by atoms with E-state index in [9.17, 15) is 0 Å². The van der Waals surface area contributed by atoms with Gasteiger partial charge in [-0.15, -0.1) is 0 Å². The lowest BCUT2D eigenvalue weighted by Gasteiger charge is -1.99. The Morgan fingerprint density at radius 1 is 1.00 bits per heavy atom. The molecule has 0 amide bonds. The molecule has 0 saturated carbocycles. The van der Waals surface area contributed by atoms with E-state index in [-0.39, 0.29) is 0 Å². The smallest absolute Gasteiger partial charge is 0.0313 e. The van der Waals surface area contributed by atoms with E-state index in [1.54, 1.807) is 0 Å². The Hall–Kier alpha value is -2.02. The van der Waals surface area contributed by atoms with Crippen LogP contribution in [0.25, 0.3) is 6.08 Å². The van der Waals surface area contributed by atoms with Gasteiger partial charge >= 0.3 is 0 Å². The highest BCUT2D eigenvalue weighted by molar-refractivity contribution is 5.51. The van der Waals surface area contributed by atoms with Crippen LogP contribution in [-0.2, 0) is 6.42 Å². The number of para-hydroxylation sites is 1. The van der Waals surface area contributed by atoms with Crippen molar-refractivity contribution in [1.82, 2.24) is 0 Å². The summed E-state index contributed by atoms with van der Waals surface area (Å²) < 4.78 is 0. The van der Waals surface area contributed by atoms with E-state index >= 15 is 0 Å². The Kier molecular flexibility index (Phi) is 5.59. The van der Waals surface area contributed by atoms with Gasteiger partial charge in [-0.1, -0.05) is 62.0 Å². The Balaban J connectivity index is 0.000000181. The van der Waals surface area contributed by atoms with Crippen LogP contribution < -0.4 is 5.73 Å². The van der Waals surface area contributed by atoms with E-state index in [0.717, 1.165) is 12.1 Å². The maximum atomic E-state index is 5.36. The van der Waals surface area contributed by atoms with Gasteiger partial charge in [-0.3, -0.25) is 0 Å². The number of anilines is 1. The maximum absolute atomic E-state index is 5.36. The second-order valence-corrected chi connectivity index (χ2v) is 3.67. The normalized spacial score (nSPS) is 9.00. The molecule has 0 fully saturated rings. The van der Waals surface area contributed by atoms with Crippen molar-refractivity contribution in [3.63, 3.8) is 0 Å². The highest BCUT2D eigenvalue weighted by Crippen LogP contribution is 2.09. The molecule has 0 aromatic heterocycles. The summed E-state index contributed by atoms with van der Waals surface area (Å²) in [6, 6.07) is 17.8. The summed E-state index contributed by atoms with van der Waals surface area (Å²) in [6.45, 7) is 5.89. The maximum Gasteiger partial charge on any atom is 0.0313 e. The van der Waals surface area contributed by atoms with Crippen molar-refractivity contribution in [2.75, 3.05) is 5.73 Å². The SMILES string of the molecule is C=Cc1ccccc1CC.Nc1ccccc1. The quantitative estimate of drug-likeness (QED) is 0.763. The van der Waals surface area contributed by atoms with Crippen LogP contribution in [-0.4, -0.2) is 0 Å². The van der Waals surface area contributed by atoms with Crippen molar-refractivity contribution in [2.24, 2.45) is 0 Å². The Bertz CT molecular complexity index is 446. The molecule has 0 aliphatic carbocycles. The number of aryl methyl sites for hydroxylation is 1. The van der Waals surface area contributed by atoms with Crippen molar-refractivity contribution in [1.29, 1.82) is 0 Å². The Morgan fingerprint density at radius 3 is 2.00 bits per heavy atom. The molecule has 88 valence electrons. The molecule has 0 radical (unpaired) electrons. The van der Waals surface area contributed by atoms with E-state index in [1.807, 2.05) is 42.5 Å². The summed E-state index contributed by atoms with van der Waals surface area (Å²) in [7, 11) is 0. The van der Waals surface area contributed by atoms with Crippen LogP contribution >= 0.6 is 0 Å². The molecular weight excluding hydrogens is 206 g/mol. The summed E-state index contributed by atoms with van der Waals surface area (Å²) in [4.78, 5) is 0. The summed E-state index contributed by atoms with van der Waals surface area (Å²) in [5, 5.41) is 0. The first-order valence-electron chi connectivity index (χ1n) is 5.78. The fourth-order valence-electron chi connectivity index (χ4n) is 1.51. The van der Waals surface area contributed by atoms with Gasteiger partial charge in [0, 0.05) is 5.69 Å². The topological polar surface area (TPSA) is 26.0 Å². The van der Waals surface area contributed by atoms with Crippen molar-refractivity contribution >= 4 is 11.8 Å². The number of hydrogen-bond acceptors (Lipinski definition) is 1. The number of nitrogen functional groups attached to an aromatic ring is 1. The van der Waals surface area contributed by atoms with Gasteiger partial charge in [-0.2, -0.15) is 0 Å². The van der Waals surface area contributed by atoms with E-state index in [4.69, 9.17) is 5.73 Å². The third-order valence-electron chi connectivity index (χ3n) is 2.46. The molecule has 0 aliphatic heterocycles. The first kappa shape index (κ1) is 13.0. The summed E-state index contributed by atoms with van der Waals surface area (Å²) in [5.74, 6) is 0. The molecule has 0 unspecified atom stereocenters. The first-order valence-corrected chi connectivity index (χ1v) is 5.78. The second kappa shape index (κ2) is 7.29. The molecule has 0 saturated heterocycles. The number of benzene rings is 2. The van der Waals surface area contributed by atoms with Crippen LogP contribution in [0, 0.1) is 0 Å². The fourth-order valence-corrected chi connectivity index (χ4v) is 1.51. The van der Waals surface area contributed by atoms with Gasteiger partial charge in [0.1, 0.15) is 0 Å². The predicted molar refractivity (Wildman–Crippen MR) is 76.8 cm³/mol. The zero-order chi connectivity index (χ0) is 12.5. The highest BCUT2D eigenvalue weighted by atomic mass is 14.5. The minimum absolute atomic E-state index is 0.822. The third kappa shape index (κ3) is 4.56. The molecule has 2 rings (SSSR count). The highest BCUT2D eigenvalue weighted by Gasteiger charge is 1.91. The van der Waals surface area contributed by atoms with Gasteiger partial charge in [0.25, 0.3) is 0 Å². The zero-order valence-corrected chi connectivity index (χ0v) is 10.3. The largest absolute Gasteiger partial charge is 0.399 e. The zero-order valence-electron chi connectivity index (χ0n) is 10.3. The summed E-state index contributed by atoms with van der Waals surface area (Å²) in [5.41, 5.74) is 8.81. The van der Waals surface area contributed by atoms with E-state index < -0.39 is 0 Å². The van der Waals surface area contributed by atoms with Gasteiger partial charge in [-0.25, -0.2) is 0 Å². The minimum atomic E-state index is 0.822. The molecule has 0 heterocycles. The van der Waals surface area contributed by atoms with Crippen LogP contribution in [0.5, 0.6) is 0 Å². The van der Waals surface area contributed by atoms with Crippen LogP contribution in [0.3, 0.4) is 0 Å². The number of nitrogens with two attached hydrogens (primary N) is 1. The molecule has 17 heavy (non-hydrogen) atoms. The van der Waals surface area contributed by atoms with E-state index in [1.165, 1.54) is 11.1 Å². The predicted octanol–water partition coefficient (Wildman–Crippen LogP) is 4.16. The third-order valence-corrected chi connectivity index (χ3v) is 2.46. The molecule has 0 atom stereocenters. The van der Waals surface area contributed by atoms with E-state index in [2.05, 4.69) is 31.7 Å². The van der Waals surface area contributed by atoms with Gasteiger partial charge < -0.3 is 5.73 Å². The molecule has 0 spiro atoms. The lowest BCUT2D eigenvalue weighted by atomic mass is 10.1. The molecular formula is C16H19N. The van der Waals surface area contributed by atoms with Crippen molar-refractivity contribution < 1.29 is 0 Å². The van der Waals surface area contributed by atoms with Gasteiger partial charge in [0.05, 0.1) is 0 Å². The molecule has 2 aromatic carbocycles. The number of rotatable bonds is 2. The molecule has 1 heteroatoms. The minimum Gasteiger partial charge on any atom is -0.399 e. The van der Waals surface area contributed by atoms with Gasteiger partial charge in [0.15, 0.2) is 0 Å². The second-order valence-electron chi connectivity index (χ2n) is 3.67. The lowest BCUT2D eigenvalue weighted by Crippen LogP contribution is -1.83. The van der Waals surface area contributed by atoms with Crippen molar-refractivity contribution in [3.05, 3.63) is 72.3 Å². The summed E-state index contributed by atoms with van der Waals surface area (Å²) >= 11 is 0. The Morgan fingerprint density at radius 2 is 1.59 bits per heavy atom. The molecule has 2 N–H and O–H groups in total. The van der Waals surface area contributed by atoms with Gasteiger partial charge in [0.2, 0.25) is 0 Å². The average Bonchev–Trinajstić information content (AvgIpc) is 2.40. The summed E-state index contributed by atoms with van der Waals surface area (Å²) in [6.07, 6.45) is 2.99. The van der Waals surface area contributed by atoms with E-state index in [0.29, 0.717) is 0 Å². The van der Waals surface area contributed by atoms with Crippen molar-refractivity contribution in [2.45, 2.75) is 13.3 Å². The standard InChI is InChI=1S/C10H12.C6H7N/c1-3-9-7-5-6-8-10(9)4-2;7-6-4-2-1-3-5-6/h3,5-8H,1,4H2,2H3;1-5H,7H2. The van der Waals surface area contributed by atoms with Gasteiger partial charge in [-0.05, 0) is 29.7 Å². The van der Waals surface area contributed by atoms with Crippen LogP contribution in [0.4, 0.5) is 5.69 Å². The lowest BCUT2D eigenvalue weighted by molar-refractivity contribution is 1.13. The molecule has 0 bridgehead atoms. The van der Waals surface area contributed by atoms with Crippen molar-refractivity contribution in [3.8, 4) is 0 Å². The van der Waals surface area contributed by atoms with Crippen LogP contribution in [0.2, 0.25) is 0 Å². The fraction of sp³-hybridized carbons (Fsp3) is 0.125. The first-order chi connectivity index (χ1) is 8.27. The van der Waals surface area contributed by atoms with Crippen LogP contribution in [0.1, 0.15) is 18.1 Å². The monoisotopic (exact) mass is 225 g/mol. The average molecular weight is 225 g/mol. The molecule has 0 aliphatic rings. The number of hydrogen-bond donors (Lipinski definition) is 1.